The van der Waals surface area contributed by atoms with Crippen LogP contribution in [-0.4, -0.2) is 32.8 Å². The molecule has 0 saturated heterocycles. The van der Waals surface area contributed by atoms with Crippen LogP contribution >= 0.6 is 0 Å². The Balaban J connectivity index is 2.30. The highest BCUT2D eigenvalue weighted by atomic mass is 19.2. The number of anilines is 1. The molecule has 2 rings (SSSR count). The zero-order chi connectivity index (χ0) is 18.7. The fourth-order valence-corrected chi connectivity index (χ4v) is 2.05. The summed E-state index contributed by atoms with van der Waals surface area (Å²) >= 11 is 0. The maximum Gasteiger partial charge on any atom is 0.269 e. The Hall–Kier alpha value is -2.79. The van der Waals surface area contributed by atoms with Crippen molar-refractivity contribution in [2.24, 2.45) is 0 Å². The first-order valence-electron chi connectivity index (χ1n) is 6.76. The molecule has 134 valence electrons. The molecule has 11 heteroatoms. The summed E-state index contributed by atoms with van der Waals surface area (Å²) in [5, 5.41) is 32.0. The van der Waals surface area contributed by atoms with Gasteiger partial charge in [0.15, 0.2) is 0 Å². The number of aliphatic hydroxyl groups is 2. The standard InChI is InChI=1S/C14H11F4N3O4/c15-9-11(10(16)14(18)20-13(9)17)19-8(5-22)12(23)6-1-3-7(4-2-6)21(24)25/h1-4,8,12,22-23H,5H2,(H,19,20). The van der Waals surface area contributed by atoms with Crippen LogP contribution < -0.4 is 5.32 Å². The minimum atomic E-state index is -1.90. The average molecular weight is 361 g/mol. The van der Waals surface area contributed by atoms with Crippen LogP contribution in [-0.2, 0) is 0 Å². The van der Waals surface area contributed by atoms with Crippen LogP contribution in [0.15, 0.2) is 24.3 Å². The first-order valence-corrected chi connectivity index (χ1v) is 6.76. The molecule has 2 aromatic rings. The van der Waals surface area contributed by atoms with E-state index in [0.717, 1.165) is 24.3 Å². The van der Waals surface area contributed by atoms with E-state index in [9.17, 15) is 37.9 Å². The van der Waals surface area contributed by atoms with Crippen molar-refractivity contribution in [2.45, 2.75) is 12.1 Å². The van der Waals surface area contributed by atoms with Crippen molar-refractivity contribution in [3.8, 4) is 0 Å². The van der Waals surface area contributed by atoms with Gasteiger partial charge in [-0.25, -0.2) is 0 Å². The second-order valence-corrected chi connectivity index (χ2v) is 4.92. The molecule has 1 aromatic heterocycles. The summed E-state index contributed by atoms with van der Waals surface area (Å²) in [6.45, 7) is -0.872. The van der Waals surface area contributed by atoms with Gasteiger partial charge in [0.1, 0.15) is 11.8 Å². The van der Waals surface area contributed by atoms with Crippen molar-refractivity contribution in [1.82, 2.24) is 4.98 Å². The van der Waals surface area contributed by atoms with Gasteiger partial charge < -0.3 is 15.5 Å². The number of rotatable bonds is 6. The second kappa shape index (κ2) is 7.40. The summed E-state index contributed by atoms with van der Waals surface area (Å²) in [5.74, 6) is -7.45. The smallest absolute Gasteiger partial charge is 0.269 e. The molecule has 2 atom stereocenters. The Labute approximate surface area is 137 Å². The fraction of sp³-hybridized carbons (Fsp3) is 0.214. The number of hydrogen-bond acceptors (Lipinski definition) is 6. The van der Waals surface area contributed by atoms with Crippen LogP contribution in [0.2, 0.25) is 0 Å². The predicted molar refractivity (Wildman–Crippen MR) is 76.6 cm³/mol. The second-order valence-electron chi connectivity index (χ2n) is 4.92. The molecule has 0 bridgehead atoms. The lowest BCUT2D eigenvalue weighted by molar-refractivity contribution is -0.384. The SMILES string of the molecule is O=[N+]([O-])c1ccc(C(O)C(CO)Nc2c(F)c(F)nc(F)c2F)cc1. The van der Waals surface area contributed by atoms with E-state index in [4.69, 9.17) is 0 Å². The van der Waals surface area contributed by atoms with Gasteiger partial charge in [-0.1, -0.05) is 0 Å². The fourth-order valence-electron chi connectivity index (χ4n) is 2.05. The first kappa shape index (κ1) is 18.5. The van der Waals surface area contributed by atoms with Gasteiger partial charge in [0.2, 0.25) is 11.6 Å². The molecular formula is C14H11F4N3O4. The summed E-state index contributed by atoms with van der Waals surface area (Å²) in [6.07, 6.45) is -1.59. The third-order valence-corrected chi connectivity index (χ3v) is 3.35. The molecule has 7 nitrogen and oxygen atoms in total. The molecule has 0 aliphatic rings. The molecule has 2 unspecified atom stereocenters. The highest BCUT2D eigenvalue weighted by molar-refractivity contribution is 5.47. The molecule has 0 amide bonds. The van der Waals surface area contributed by atoms with Gasteiger partial charge in [0, 0.05) is 12.1 Å². The molecule has 0 fully saturated rings. The minimum absolute atomic E-state index is 0.0629. The maximum absolute atomic E-state index is 13.6. The number of nitro groups is 1. The van der Waals surface area contributed by atoms with Gasteiger partial charge in [-0.15, -0.1) is 0 Å². The van der Waals surface area contributed by atoms with Crippen LogP contribution in [0, 0.1) is 33.6 Å². The van der Waals surface area contributed by atoms with E-state index >= 15 is 0 Å². The van der Waals surface area contributed by atoms with Gasteiger partial charge in [0.25, 0.3) is 17.6 Å². The highest BCUT2D eigenvalue weighted by Gasteiger charge is 2.27. The van der Waals surface area contributed by atoms with Gasteiger partial charge in [0.05, 0.1) is 17.6 Å². The number of aromatic nitrogens is 1. The lowest BCUT2D eigenvalue weighted by atomic mass is 10.0. The van der Waals surface area contributed by atoms with Crippen LogP contribution in [0.5, 0.6) is 0 Å². The van der Waals surface area contributed by atoms with Crippen LogP contribution in [0.1, 0.15) is 11.7 Å². The summed E-state index contributed by atoms with van der Waals surface area (Å²) in [5.41, 5.74) is -1.45. The van der Waals surface area contributed by atoms with Gasteiger partial charge in [-0.2, -0.15) is 22.5 Å². The van der Waals surface area contributed by atoms with E-state index in [-0.39, 0.29) is 11.3 Å². The van der Waals surface area contributed by atoms with E-state index in [1.807, 2.05) is 5.32 Å². The third-order valence-electron chi connectivity index (χ3n) is 3.35. The van der Waals surface area contributed by atoms with Crippen LogP contribution in [0.4, 0.5) is 28.9 Å². The number of halogens is 4. The zero-order valence-corrected chi connectivity index (χ0v) is 12.3. The van der Waals surface area contributed by atoms with E-state index in [1.54, 1.807) is 0 Å². The Kier molecular flexibility index (Phi) is 5.49. The van der Waals surface area contributed by atoms with Crippen molar-refractivity contribution < 1.29 is 32.7 Å². The van der Waals surface area contributed by atoms with E-state index in [1.165, 1.54) is 0 Å². The van der Waals surface area contributed by atoms with Crippen molar-refractivity contribution in [3.05, 3.63) is 63.5 Å². The molecule has 1 heterocycles. The lowest BCUT2D eigenvalue weighted by Gasteiger charge is -2.24. The van der Waals surface area contributed by atoms with Crippen molar-refractivity contribution in [2.75, 3.05) is 11.9 Å². The molecule has 1 aromatic carbocycles. The van der Waals surface area contributed by atoms with Crippen molar-refractivity contribution in [1.29, 1.82) is 0 Å². The number of nitrogens with zero attached hydrogens (tertiary/aromatic N) is 2. The predicted octanol–water partition coefficient (Wildman–Crippen LogP) is 2.05. The molecule has 3 N–H and O–H groups in total. The van der Waals surface area contributed by atoms with E-state index in [2.05, 4.69) is 4.98 Å². The number of nitro benzene ring substituents is 1. The quantitative estimate of drug-likeness (QED) is 0.315. The van der Waals surface area contributed by atoms with E-state index < -0.39 is 52.9 Å². The first-order chi connectivity index (χ1) is 11.8. The van der Waals surface area contributed by atoms with E-state index in [0.29, 0.717) is 0 Å². The molecule has 0 spiro atoms. The van der Waals surface area contributed by atoms with Crippen LogP contribution in [0.3, 0.4) is 0 Å². The van der Waals surface area contributed by atoms with Gasteiger partial charge in [-0.3, -0.25) is 10.1 Å². The number of non-ortho nitro benzene ring substituents is 1. The Morgan fingerprint density at radius 3 is 2.08 bits per heavy atom. The molecule has 0 saturated carbocycles. The maximum atomic E-state index is 13.6. The Bertz CT molecular complexity index is 762. The minimum Gasteiger partial charge on any atom is -0.394 e. The molecule has 0 aliphatic carbocycles. The highest BCUT2D eigenvalue weighted by Crippen LogP contribution is 2.27. The summed E-state index contributed by atoms with van der Waals surface area (Å²) in [6, 6.07) is 2.99. The largest absolute Gasteiger partial charge is 0.394 e. The molecule has 0 aliphatic heterocycles. The number of aliphatic hydroxyl groups excluding tert-OH is 2. The monoisotopic (exact) mass is 361 g/mol. The number of hydrogen-bond donors (Lipinski definition) is 3. The topological polar surface area (TPSA) is 109 Å². The molecule has 25 heavy (non-hydrogen) atoms. The number of benzene rings is 1. The third kappa shape index (κ3) is 3.83. The number of nitrogens with one attached hydrogen (secondary N) is 1. The average Bonchev–Trinajstić information content (AvgIpc) is 2.60. The summed E-state index contributed by atoms with van der Waals surface area (Å²) in [4.78, 5) is 12.3. The van der Waals surface area contributed by atoms with Crippen LogP contribution in [0.25, 0.3) is 0 Å². The van der Waals surface area contributed by atoms with Crippen molar-refractivity contribution >= 4 is 11.4 Å². The Morgan fingerprint density at radius 2 is 1.64 bits per heavy atom. The van der Waals surface area contributed by atoms with Crippen molar-refractivity contribution in [3.63, 3.8) is 0 Å². The zero-order valence-electron chi connectivity index (χ0n) is 12.3. The lowest BCUT2D eigenvalue weighted by Crippen LogP contribution is -2.32. The summed E-state index contributed by atoms with van der Waals surface area (Å²) < 4.78 is 53.4. The van der Waals surface area contributed by atoms with Gasteiger partial charge in [-0.05, 0) is 17.7 Å². The normalized spacial score (nSPS) is 13.4. The molecular weight excluding hydrogens is 350 g/mol. The van der Waals surface area contributed by atoms with Gasteiger partial charge >= 0.3 is 0 Å². The summed E-state index contributed by atoms with van der Waals surface area (Å²) in [7, 11) is 0. The number of pyridine rings is 1. The molecule has 0 radical (unpaired) electrons. The Morgan fingerprint density at radius 1 is 1.12 bits per heavy atom.